The van der Waals surface area contributed by atoms with Gasteiger partial charge in [-0.25, -0.2) is 4.79 Å². The second-order valence-corrected chi connectivity index (χ2v) is 6.35. The average molecular weight is 362 g/mol. The fourth-order valence-corrected chi connectivity index (χ4v) is 3.01. The van der Waals surface area contributed by atoms with E-state index in [9.17, 15) is 4.79 Å². The second-order valence-electron chi connectivity index (χ2n) is 5.53. The monoisotopic (exact) mass is 361 g/mol. The summed E-state index contributed by atoms with van der Waals surface area (Å²) >= 11 is 11.8. The molecule has 0 aliphatic rings. The topological polar surface area (TPSA) is 56.9 Å². The predicted molar refractivity (Wildman–Crippen MR) is 100 cm³/mol. The van der Waals surface area contributed by atoms with Crippen molar-refractivity contribution in [3.05, 3.63) is 63.8 Å². The molecule has 1 heterocycles. The first-order valence-corrected chi connectivity index (χ1v) is 8.36. The highest BCUT2D eigenvalue weighted by Crippen LogP contribution is 2.25. The molecule has 0 saturated carbocycles. The van der Waals surface area contributed by atoms with Crippen molar-refractivity contribution >= 4 is 45.8 Å². The largest absolute Gasteiger partial charge is 0.358 e. The summed E-state index contributed by atoms with van der Waals surface area (Å²) in [7, 11) is 0. The lowest BCUT2D eigenvalue weighted by Gasteiger charge is -2.08. The molecule has 124 valence electrons. The number of aromatic amines is 1. The van der Waals surface area contributed by atoms with Gasteiger partial charge >= 0.3 is 6.03 Å². The van der Waals surface area contributed by atoms with E-state index < -0.39 is 0 Å². The summed E-state index contributed by atoms with van der Waals surface area (Å²) in [6, 6.07) is 12.9. The molecule has 3 N–H and O–H groups in total. The van der Waals surface area contributed by atoms with E-state index >= 15 is 0 Å². The molecular weight excluding hydrogens is 345 g/mol. The zero-order valence-electron chi connectivity index (χ0n) is 13.1. The Labute approximate surface area is 150 Å². The minimum atomic E-state index is -0.272. The van der Waals surface area contributed by atoms with Gasteiger partial charge in [0, 0.05) is 28.8 Å². The quantitative estimate of drug-likeness (QED) is 0.591. The number of aryl methyl sites for hydroxylation is 1. The normalized spacial score (nSPS) is 10.8. The molecule has 2 aromatic carbocycles. The summed E-state index contributed by atoms with van der Waals surface area (Å²) in [5, 5.41) is 7.65. The van der Waals surface area contributed by atoms with E-state index in [0.717, 1.165) is 17.6 Å². The third-order valence-electron chi connectivity index (χ3n) is 3.87. The molecular formula is C18H17Cl2N3O. The lowest BCUT2D eigenvalue weighted by atomic mass is 10.1. The molecule has 2 amide bonds. The molecule has 4 nitrogen and oxygen atoms in total. The maximum Gasteiger partial charge on any atom is 0.319 e. The van der Waals surface area contributed by atoms with E-state index in [4.69, 9.17) is 23.2 Å². The van der Waals surface area contributed by atoms with Gasteiger partial charge in [0.15, 0.2) is 0 Å². The summed E-state index contributed by atoms with van der Waals surface area (Å²) in [4.78, 5) is 15.3. The van der Waals surface area contributed by atoms with Crippen LogP contribution in [-0.4, -0.2) is 17.6 Å². The molecule has 0 saturated heterocycles. The Balaban J connectivity index is 1.58. The SMILES string of the molecule is Cc1[nH]c2ccccc2c1CCNC(=O)Nc1ccc(Cl)c(Cl)c1. The van der Waals surface area contributed by atoms with Crippen LogP contribution in [0.25, 0.3) is 10.9 Å². The predicted octanol–water partition coefficient (Wildman–Crippen LogP) is 5.15. The molecule has 0 spiro atoms. The van der Waals surface area contributed by atoms with Crippen LogP contribution in [0.5, 0.6) is 0 Å². The third kappa shape index (κ3) is 3.66. The number of H-pyrrole nitrogens is 1. The van der Waals surface area contributed by atoms with Crippen LogP contribution in [-0.2, 0) is 6.42 Å². The van der Waals surface area contributed by atoms with Gasteiger partial charge in [0.2, 0.25) is 0 Å². The van der Waals surface area contributed by atoms with Crippen LogP contribution in [0, 0.1) is 6.92 Å². The third-order valence-corrected chi connectivity index (χ3v) is 4.60. The molecule has 1 aromatic heterocycles. The minimum absolute atomic E-state index is 0.272. The van der Waals surface area contributed by atoms with E-state index in [1.807, 2.05) is 19.1 Å². The molecule has 0 atom stereocenters. The van der Waals surface area contributed by atoms with Gasteiger partial charge in [-0.15, -0.1) is 0 Å². The van der Waals surface area contributed by atoms with E-state index in [-0.39, 0.29) is 6.03 Å². The van der Waals surface area contributed by atoms with Crippen LogP contribution in [0.1, 0.15) is 11.3 Å². The molecule has 0 aliphatic carbocycles. The molecule has 0 fully saturated rings. The number of para-hydroxylation sites is 1. The van der Waals surface area contributed by atoms with Crippen LogP contribution in [0.15, 0.2) is 42.5 Å². The number of halogens is 2. The maximum atomic E-state index is 12.0. The van der Waals surface area contributed by atoms with Gasteiger partial charge in [0.25, 0.3) is 0 Å². The van der Waals surface area contributed by atoms with Crippen molar-refractivity contribution in [3.8, 4) is 0 Å². The fourth-order valence-electron chi connectivity index (χ4n) is 2.71. The van der Waals surface area contributed by atoms with Crippen LogP contribution < -0.4 is 10.6 Å². The van der Waals surface area contributed by atoms with Crippen molar-refractivity contribution in [1.29, 1.82) is 0 Å². The number of fused-ring (bicyclic) bond motifs is 1. The Hall–Kier alpha value is -2.17. The molecule has 3 rings (SSSR count). The number of hydrogen-bond acceptors (Lipinski definition) is 1. The zero-order valence-corrected chi connectivity index (χ0v) is 14.6. The number of urea groups is 1. The van der Waals surface area contributed by atoms with Gasteiger partial charge in [-0.3, -0.25) is 0 Å². The number of anilines is 1. The van der Waals surface area contributed by atoms with Crippen molar-refractivity contribution in [2.75, 3.05) is 11.9 Å². The van der Waals surface area contributed by atoms with Gasteiger partial charge in [-0.2, -0.15) is 0 Å². The molecule has 3 aromatic rings. The summed E-state index contributed by atoms with van der Waals surface area (Å²) in [6.07, 6.45) is 0.755. The highest BCUT2D eigenvalue weighted by Gasteiger charge is 2.09. The summed E-state index contributed by atoms with van der Waals surface area (Å²) in [6.45, 7) is 2.58. The number of nitrogens with one attached hydrogen (secondary N) is 3. The molecule has 0 bridgehead atoms. The summed E-state index contributed by atoms with van der Waals surface area (Å²) in [5.41, 5.74) is 4.07. The van der Waals surface area contributed by atoms with Gasteiger partial charge in [0.1, 0.15) is 0 Å². The number of carbonyl (C=O) groups is 1. The van der Waals surface area contributed by atoms with Crippen molar-refractivity contribution in [3.63, 3.8) is 0 Å². The first-order valence-electron chi connectivity index (χ1n) is 7.60. The molecule has 24 heavy (non-hydrogen) atoms. The molecule has 0 radical (unpaired) electrons. The fraction of sp³-hybridized carbons (Fsp3) is 0.167. The highest BCUT2D eigenvalue weighted by atomic mass is 35.5. The Morgan fingerprint density at radius 3 is 2.71 bits per heavy atom. The van der Waals surface area contributed by atoms with Crippen molar-refractivity contribution in [2.45, 2.75) is 13.3 Å². The maximum absolute atomic E-state index is 12.0. The molecule has 0 unspecified atom stereocenters. The Kier molecular flexibility index (Phi) is 4.97. The van der Waals surface area contributed by atoms with Gasteiger partial charge in [0.05, 0.1) is 10.0 Å². The van der Waals surface area contributed by atoms with Gasteiger partial charge in [-0.1, -0.05) is 41.4 Å². The zero-order chi connectivity index (χ0) is 17.1. The average Bonchev–Trinajstić information content (AvgIpc) is 2.87. The minimum Gasteiger partial charge on any atom is -0.358 e. The van der Waals surface area contributed by atoms with Gasteiger partial charge < -0.3 is 15.6 Å². The Bertz CT molecular complexity index is 889. The van der Waals surface area contributed by atoms with Gasteiger partial charge in [-0.05, 0) is 43.2 Å². The highest BCUT2D eigenvalue weighted by molar-refractivity contribution is 6.42. The Morgan fingerprint density at radius 2 is 1.92 bits per heavy atom. The van der Waals surface area contributed by atoms with Crippen molar-refractivity contribution in [1.82, 2.24) is 10.3 Å². The van der Waals surface area contributed by atoms with E-state index in [1.165, 1.54) is 10.9 Å². The number of hydrogen-bond donors (Lipinski definition) is 3. The standard InChI is InChI=1S/C18H17Cl2N3O/c1-11-13(14-4-2-3-5-17(14)22-11)8-9-21-18(24)23-12-6-7-15(19)16(20)10-12/h2-7,10,22H,8-9H2,1H3,(H2,21,23,24). The van der Waals surface area contributed by atoms with Crippen LogP contribution >= 0.6 is 23.2 Å². The number of amides is 2. The van der Waals surface area contributed by atoms with Crippen molar-refractivity contribution in [2.24, 2.45) is 0 Å². The van der Waals surface area contributed by atoms with E-state index in [2.05, 4.69) is 27.8 Å². The first kappa shape index (κ1) is 16.7. The lowest BCUT2D eigenvalue weighted by Crippen LogP contribution is -2.30. The Morgan fingerprint density at radius 1 is 1.12 bits per heavy atom. The lowest BCUT2D eigenvalue weighted by molar-refractivity contribution is 0.252. The van der Waals surface area contributed by atoms with Crippen molar-refractivity contribution < 1.29 is 4.79 Å². The smallest absolute Gasteiger partial charge is 0.319 e. The molecule has 6 heteroatoms. The van der Waals surface area contributed by atoms with Crippen LogP contribution in [0.3, 0.4) is 0 Å². The van der Waals surface area contributed by atoms with E-state index in [1.54, 1.807) is 18.2 Å². The van der Waals surface area contributed by atoms with E-state index in [0.29, 0.717) is 22.3 Å². The second kappa shape index (κ2) is 7.16. The summed E-state index contributed by atoms with van der Waals surface area (Å²) < 4.78 is 0. The van der Waals surface area contributed by atoms with Crippen LogP contribution in [0.4, 0.5) is 10.5 Å². The van der Waals surface area contributed by atoms with Crippen LogP contribution in [0.2, 0.25) is 10.0 Å². The molecule has 0 aliphatic heterocycles. The first-order chi connectivity index (χ1) is 11.5. The number of benzene rings is 2. The summed E-state index contributed by atoms with van der Waals surface area (Å²) in [5.74, 6) is 0. The number of rotatable bonds is 4. The number of carbonyl (C=O) groups excluding carboxylic acids is 1. The number of aromatic nitrogens is 1.